The molecule has 31 heavy (non-hydrogen) atoms. The molecule has 0 aliphatic carbocycles. The Morgan fingerprint density at radius 3 is 2.58 bits per heavy atom. The molecule has 11 heteroatoms. The second-order valence-corrected chi connectivity index (χ2v) is 10.7. The summed E-state index contributed by atoms with van der Waals surface area (Å²) in [5.41, 5.74) is 0.121. The molecular formula is C20H22ClFN4O3S2. The van der Waals surface area contributed by atoms with Crippen molar-refractivity contribution < 1.29 is 17.9 Å². The van der Waals surface area contributed by atoms with Gasteiger partial charge in [-0.05, 0) is 30.2 Å². The van der Waals surface area contributed by atoms with Gasteiger partial charge in [0.05, 0.1) is 22.9 Å². The van der Waals surface area contributed by atoms with Crippen LogP contribution in [0.15, 0.2) is 30.5 Å². The van der Waals surface area contributed by atoms with Crippen LogP contribution < -0.4 is 5.14 Å². The number of aliphatic hydroxyl groups is 1. The van der Waals surface area contributed by atoms with Crippen LogP contribution in [0.2, 0.25) is 5.28 Å². The van der Waals surface area contributed by atoms with Gasteiger partial charge in [-0.3, -0.25) is 0 Å². The first-order chi connectivity index (χ1) is 14.5. The van der Waals surface area contributed by atoms with E-state index in [1.54, 1.807) is 19.1 Å². The Kier molecular flexibility index (Phi) is 6.78. The van der Waals surface area contributed by atoms with Crippen molar-refractivity contribution in [1.82, 2.24) is 15.0 Å². The third-order valence-electron chi connectivity index (χ3n) is 4.86. The largest absolute Gasteiger partial charge is 0.395 e. The Morgan fingerprint density at radius 2 is 2.00 bits per heavy atom. The standard InChI is InChI=1S/C20H22ClFN4O3S2/c1-4-14(31(23,28)29)11-6-5-7-12(15(11)22)16-17(13-8-9-24-19(21)25-13)30-18(26-16)20(2,3)10-27/h5-9,14,27H,4,10H2,1-3H3,(H2,23,28,29). The first kappa shape index (κ1) is 23.7. The van der Waals surface area contributed by atoms with E-state index in [4.69, 9.17) is 16.7 Å². The normalized spacial score (nSPS) is 13.4. The molecule has 0 saturated heterocycles. The molecule has 0 saturated carbocycles. The number of hydrogen-bond acceptors (Lipinski definition) is 7. The van der Waals surface area contributed by atoms with Gasteiger partial charge in [-0.1, -0.05) is 32.9 Å². The van der Waals surface area contributed by atoms with Gasteiger partial charge < -0.3 is 5.11 Å². The van der Waals surface area contributed by atoms with Crippen LogP contribution in [0.25, 0.3) is 21.8 Å². The Labute approximate surface area is 189 Å². The molecule has 7 nitrogen and oxygen atoms in total. The first-order valence-electron chi connectivity index (χ1n) is 9.41. The SMILES string of the molecule is CCC(c1cccc(-c2nc(C(C)(C)CO)sc2-c2ccnc(Cl)n2)c1F)S(N)(=O)=O. The van der Waals surface area contributed by atoms with Crippen molar-refractivity contribution in [3.05, 3.63) is 52.1 Å². The highest BCUT2D eigenvalue weighted by molar-refractivity contribution is 7.89. The molecule has 166 valence electrons. The minimum absolute atomic E-state index is 0.0225. The number of sulfonamides is 1. The number of primary sulfonamides is 1. The van der Waals surface area contributed by atoms with Gasteiger partial charge >= 0.3 is 0 Å². The van der Waals surface area contributed by atoms with Crippen LogP contribution in [-0.4, -0.2) is 35.1 Å². The summed E-state index contributed by atoms with van der Waals surface area (Å²) in [7, 11) is -4.01. The number of nitrogens with two attached hydrogens (primary N) is 1. The maximum absolute atomic E-state index is 15.6. The van der Waals surface area contributed by atoms with E-state index in [1.807, 2.05) is 13.8 Å². The molecule has 1 atom stereocenters. The number of aromatic nitrogens is 3. The van der Waals surface area contributed by atoms with Crippen LogP contribution in [-0.2, 0) is 15.4 Å². The Bertz CT molecular complexity index is 1210. The topological polar surface area (TPSA) is 119 Å². The number of nitrogens with zero attached hydrogens (tertiary/aromatic N) is 3. The summed E-state index contributed by atoms with van der Waals surface area (Å²) < 4.78 is 39.6. The molecule has 2 heterocycles. The van der Waals surface area contributed by atoms with E-state index in [9.17, 15) is 13.5 Å². The van der Waals surface area contributed by atoms with E-state index in [-0.39, 0.29) is 35.1 Å². The van der Waals surface area contributed by atoms with Gasteiger partial charge in [-0.25, -0.2) is 32.9 Å². The molecular weight excluding hydrogens is 463 g/mol. The molecule has 3 rings (SSSR count). The second-order valence-electron chi connectivity index (χ2n) is 7.64. The monoisotopic (exact) mass is 484 g/mol. The summed E-state index contributed by atoms with van der Waals surface area (Å²) in [5.74, 6) is -0.719. The van der Waals surface area contributed by atoms with Crippen molar-refractivity contribution in [2.45, 2.75) is 37.9 Å². The van der Waals surface area contributed by atoms with E-state index < -0.39 is 26.5 Å². The maximum atomic E-state index is 15.6. The number of halogens is 2. The Morgan fingerprint density at radius 1 is 1.29 bits per heavy atom. The highest BCUT2D eigenvalue weighted by atomic mass is 35.5. The van der Waals surface area contributed by atoms with E-state index in [1.165, 1.54) is 29.7 Å². The molecule has 1 aromatic carbocycles. The summed E-state index contributed by atoms with van der Waals surface area (Å²) >= 11 is 7.20. The third-order valence-corrected chi connectivity index (χ3v) is 7.86. The maximum Gasteiger partial charge on any atom is 0.222 e. The van der Waals surface area contributed by atoms with Crippen LogP contribution in [0, 0.1) is 5.82 Å². The van der Waals surface area contributed by atoms with Gasteiger partial charge in [0, 0.05) is 22.7 Å². The zero-order valence-corrected chi connectivity index (χ0v) is 19.5. The highest BCUT2D eigenvalue weighted by Gasteiger charge is 2.30. The van der Waals surface area contributed by atoms with E-state index in [0.29, 0.717) is 15.6 Å². The molecule has 0 aliphatic rings. The van der Waals surface area contributed by atoms with Crippen LogP contribution in [0.3, 0.4) is 0 Å². The lowest BCUT2D eigenvalue weighted by atomic mass is 9.96. The minimum Gasteiger partial charge on any atom is -0.395 e. The molecule has 0 bridgehead atoms. The predicted octanol–water partition coefficient (Wildman–Crippen LogP) is 4.07. The fourth-order valence-electron chi connectivity index (χ4n) is 3.11. The third kappa shape index (κ3) is 4.78. The van der Waals surface area contributed by atoms with Crippen molar-refractivity contribution in [2.24, 2.45) is 5.14 Å². The zero-order chi connectivity index (χ0) is 23.0. The predicted molar refractivity (Wildman–Crippen MR) is 120 cm³/mol. The zero-order valence-electron chi connectivity index (χ0n) is 17.1. The van der Waals surface area contributed by atoms with Crippen molar-refractivity contribution in [2.75, 3.05) is 6.61 Å². The lowest BCUT2D eigenvalue weighted by Crippen LogP contribution is -2.22. The molecule has 0 amide bonds. The lowest BCUT2D eigenvalue weighted by molar-refractivity contribution is 0.218. The number of thiazole rings is 1. The molecule has 1 unspecified atom stereocenters. The van der Waals surface area contributed by atoms with E-state index >= 15 is 4.39 Å². The quantitative estimate of drug-likeness (QED) is 0.488. The summed E-state index contributed by atoms with van der Waals surface area (Å²) in [5, 5.41) is 14.5. The number of aliphatic hydroxyl groups excluding tert-OH is 1. The van der Waals surface area contributed by atoms with Gasteiger partial charge in [-0.15, -0.1) is 11.3 Å². The fourth-order valence-corrected chi connectivity index (χ4v) is 5.39. The second kappa shape index (κ2) is 8.87. The number of hydrogen-bond donors (Lipinski definition) is 2. The van der Waals surface area contributed by atoms with Gasteiger partial charge in [0.15, 0.2) is 0 Å². The first-order valence-corrected chi connectivity index (χ1v) is 12.2. The molecule has 0 spiro atoms. The van der Waals surface area contributed by atoms with E-state index in [2.05, 4.69) is 15.0 Å². The van der Waals surface area contributed by atoms with Gasteiger partial charge in [-0.2, -0.15) is 0 Å². The molecule has 2 aromatic heterocycles. The molecule has 3 N–H and O–H groups in total. The smallest absolute Gasteiger partial charge is 0.222 e. The number of rotatable bonds is 7. The van der Waals surface area contributed by atoms with Crippen LogP contribution in [0.1, 0.15) is 43.0 Å². The Balaban J connectivity index is 2.29. The lowest BCUT2D eigenvalue weighted by Gasteiger charge is -2.18. The number of benzene rings is 1. The van der Waals surface area contributed by atoms with Crippen LogP contribution >= 0.6 is 22.9 Å². The van der Waals surface area contributed by atoms with Crippen molar-refractivity contribution in [1.29, 1.82) is 0 Å². The summed E-state index contributed by atoms with van der Waals surface area (Å²) in [4.78, 5) is 13.2. The summed E-state index contributed by atoms with van der Waals surface area (Å²) in [6.07, 6.45) is 1.60. The van der Waals surface area contributed by atoms with Crippen molar-refractivity contribution in [3.8, 4) is 21.8 Å². The molecule has 0 fully saturated rings. The minimum atomic E-state index is -4.01. The van der Waals surface area contributed by atoms with Crippen molar-refractivity contribution >= 4 is 33.0 Å². The van der Waals surface area contributed by atoms with Crippen molar-refractivity contribution in [3.63, 3.8) is 0 Å². The summed E-state index contributed by atoms with van der Waals surface area (Å²) in [6, 6.07) is 6.11. The van der Waals surface area contributed by atoms with Gasteiger partial charge in [0.1, 0.15) is 16.1 Å². The van der Waals surface area contributed by atoms with Gasteiger partial charge in [0.2, 0.25) is 15.3 Å². The molecule has 0 radical (unpaired) electrons. The van der Waals surface area contributed by atoms with Gasteiger partial charge in [0.25, 0.3) is 0 Å². The summed E-state index contributed by atoms with van der Waals surface area (Å²) in [6.45, 7) is 5.08. The highest BCUT2D eigenvalue weighted by Crippen LogP contribution is 2.42. The average molecular weight is 485 g/mol. The average Bonchev–Trinajstić information content (AvgIpc) is 3.15. The van der Waals surface area contributed by atoms with Crippen LogP contribution in [0.5, 0.6) is 0 Å². The Hall–Kier alpha value is -1.98. The van der Waals surface area contributed by atoms with Crippen LogP contribution in [0.4, 0.5) is 4.39 Å². The molecule has 0 aliphatic heterocycles. The van der Waals surface area contributed by atoms with E-state index in [0.717, 1.165) is 0 Å². The molecule has 3 aromatic rings. The fraction of sp³-hybridized carbons (Fsp3) is 0.350.